The molecule has 2 N–H and O–H groups in total. The van der Waals surface area contributed by atoms with E-state index in [1.165, 1.54) is 0 Å². The molecular formula is C12H16BN7O. The quantitative estimate of drug-likeness (QED) is 0.736. The molecule has 1 amide bonds. The molecular weight excluding hydrogens is 269 g/mol. The van der Waals surface area contributed by atoms with Gasteiger partial charge in [0.15, 0.2) is 5.82 Å². The molecule has 0 fully saturated rings. The number of aromatic nitrogens is 4. The summed E-state index contributed by atoms with van der Waals surface area (Å²) >= 11 is 0. The van der Waals surface area contributed by atoms with Gasteiger partial charge in [-0.3, -0.25) is 4.79 Å². The van der Waals surface area contributed by atoms with E-state index in [9.17, 15) is 4.79 Å². The first-order valence-electron chi connectivity index (χ1n) is 6.66. The molecule has 0 spiro atoms. The molecule has 0 unspecified atom stereocenters. The van der Waals surface area contributed by atoms with Crippen molar-refractivity contribution in [3.8, 4) is 0 Å². The molecule has 2 aromatic heterocycles. The summed E-state index contributed by atoms with van der Waals surface area (Å²) in [5.74, 6) is 1.18. The van der Waals surface area contributed by atoms with Crippen molar-refractivity contribution in [3.05, 3.63) is 24.2 Å². The van der Waals surface area contributed by atoms with E-state index < -0.39 is 0 Å². The van der Waals surface area contributed by atoms with Crippen molar-refractivity contribution >= 4 is 31.3 Å². The van der Waals surface area contributed by atoms with Crippen molar-refractivity contribution < 1.29 is 4.79 Å². The Bertz CT molecular complexity index is 686. The second-order valence-electron chi connectivity index (χ2n) is 5.08. The molecule has 1 aliphatic rings. The lowest BCUT2D eigenvalue weighted by Crippen LogP contribution is -2.44. The first kappa shape index (κ1) is 13.4. The fourth-order valence-electron chi connectivity index (χ4n) is 2.16. The van der Waals surface area contributed by atoms with Gasteiger partial charge in [0.05, 0.1) is 12.4 Å². The number of hydrogen-bond donors (Lipinski definition) is 2. The zero-order valence-corrected chi connectivity index (χ0v) is 12.2. The first-order chi connectivity index (χ1) is 10.0. The summed E-state index contributed by atoms with van der Waals surface area (Å²) in [7, 11) is 3.72. The van der Waals surface area contributed by atoms with Gasteiger partial charge in [-0.2, -0.15) is 10.1 Å². The number of nitrogens with one attached hydrogen (secondary N) is 2. The molecule has 0 bridgehead atoms. The number of likely N-dealkylation sites (N-methyl/N-ethyl adjacent to an activating group) is 1. The van der Waals surface area contributed by atoms with Crippen LogP contribution in [0.3, 0.4) is 0 Å². The number of amides is 1. The Hall–Kier alpha value is -2.58. The van der Waals surface area contributed by atoms with Crippen molar-refractivity contribution in [3.63, 3.8) is 0 Å². The van der Waals surface area contributed by atoms with Crippen LogP contribution in [0.25, 0.3) is 0 Å². The Balaban J connectivity index is 1.78. The third-order valence-corrected chi connectivity index (χ3v) is 3.53. The molecule has 0 radical (unpaired) electrons. The van der Waals surface area contributed by atoms with Crippen molar-refractivity contribution in [2.75, 3.05) is 22.6 Å². The highest BCUT2D eigenvalue weighted by atomic mass is 16.2. The van der Waals surface area contributed by atoms with Gasteiger partial charge < -0.3 is 20.1 Å². The predicted molar refractivity (Wildman–Crippen MR) is 82.0 cm³/mol. The van der Waals surface area contributed by atoms with E-state index in [1.807, 2.05) is 33.0 Å². The molecule has 3 heterocycles. The molecule has 0 saturated carbocycles. The van der Waals surface area contributed by atoms with E-state index in [-0.39, 0.29) is 11.9 Å². The van der Waals surface area contributed by atoms with Crippen LogP contribution in [-0.2, 0) is 11.3 Å². The largest absolute Gasteiger partial charge is 0.350 e. The molecule has 3 rings (SSSR count). The van der Waals surface area contributed by atoms with Crippen LogP contribution >= 0.6 is 0 Å². The van der Waals surface area contributed by atoms with E-state index in [0.29, 0.717) is 24.0 Å². The topological polar surface area (TPSA) is 88.0 Å². The monoisotopic (exact) mass is 285 g/mol. The van der Waals surface area contributed by atoms with Crippen molar-refractivity contribution in [2.24, 2.45) is 0 Å². The number of carbonyl (C=O) groups excluding carboxylic acids is 1. The second kappa shape index (κ2) is 5.08. The molecule has 0 aromatic carbocycles. The van der Waals surface area contributed by atoms with Gasteiger partial charge in [-0.1, -0.05) is 0 Å². The molecule has 0 aliphatic carbocycles. The lowest BCUT2D eigenvalue weighted by molar-refractivity contribution is -0.117. The summed E-state index contributed by atoms with van der Waals surface area (Å²) < 4.78 is 1.75. The average Bonchev–Trinajstić information content (AvgIpc) is 2.89. The standard InChI is InChI=1S/C12H16BN7O/c1-7-11(21)17-9-5-15-12(18-10(9)19(7)2)14-3-8-4-16-20(13)6-8/h4-7H,3,13H2,1-2H3,(H,17,21)(H,14,15,18)/t7-/m0/s1. The normalized spacial score (nSPS) is 17.3. The van der Waals surface area contributed by atoms with Gasteiger partial charge in [-0.05, 0) is 6.92 Å². The lowest BCUT2D eigenvalue weighted by atomic mass is 10.2. The zero-order valence-electron chi connectivity index (χ0n) is 12.2. The number of hydrogen-bond acceptors (Lipinski definition) is 6. The summed E-state index contributed by atoms with van der Waals surface area (Å²) in [4.78, 5) is 22.3. The zero-order chi connectivity index (χ0) is 15.0. The summed E-state index contributed by atoms with van der Waals surface area (Å²) in [6.07, 6.45) is 5.34. The number of fused-ring (bicyclic) bond motifs is 1. The second-order valence-corrected chi connectivity index (χ2v) is 5.08. The summed E-state index contributed by atoms with van der Waals surface area (Å²) in [6, 6.07) is -0.251. The van der Waals surface area contributed by atoms with E-state index in [0.717, 1.165) is 5.56 Å². The first-order valence-corrected chi connectivity index (χ1v) is 6.66. The number of carbonyl (C=O) groups is 1. The summed E-state index contributed by atoms with van der Waals surface area (Å²) in [5, 5.41) is 10.1. The minimum Gasteiger partial charge on any atom is -0.350 e. The van der Waals surface area contributed by atoms with E-state index in [1.54, 1.807) is 17.0 Å². The van der Waals surface area contributed by atoms with Crippen molar-refractivity contribution in [2.45, 2.75) is 19.5 Å². The van der Waals surface area contributed by atoms with E-state index in [2.05, 4.69) is 25.7 Å². The van der Waals surface area contributed by atoms with Gasteiger partial charge in [0.25, 0.3) is 0 Å². The van der Waals surface area contributed by atoms with E-state index in [4.69, 9.17) is 0 Å². The van der Waals surface area contributed by atoms with E-state index >= 15 is 0 Å². The van der Waals surface area contributed by atoms with Gasteiger partial charge in [0.1, 0.15) is 11.7 Å². The van der Waals surface area contributed by atoms with Crippen molar-refractivity contribution in [1.82, 2.24) is 19.7 Å². The Morgan fingerprint density at radius 1 is 1.48 bits per heavy atom. The van der Waals surface area contributed by atoms with Crippen LogP contribution in [0.2, 0.25) is 0 Å². The molecule has 9 heteroatoms. The fraction of sp³-hybridized carbons (Fsp3) is 0.333. The van der Waals surface area contributed by atoms with Crippen LogP contribution in [0.5, 0.6) is 0 Å². The molecule has 2 aromatic rings. The molecule has 108 valence electrons. The highest BCUT2D eigenvalue weighted by Crippen LogP contribution is 2.28. The third-order valence-electron chi connectivity index (χ3n) is 3.53. The molecule has 0 saturated heterocycles. The number of nitrogens with zero attached hydrogens (tertiary/aromatic N) is 5. The van der Waals surface area contributed by atoms with Crippen molar-refractivity contribution in [1.29, 1.82) is 0 Å². The lowest BCUT2D eigenvalue weighted by Gasteiger charge is -2.31. The van der Waals surface area contributed by atoms with Crippen LogP contribution < -0.4 is 15.5 Å². The Morgan fingerprint density at radius 3 is 3.00 bits per heavy atom. The van der Waals surface area contributed by atoms with Gasteiger partial charge in [0, 0.05) is 25.4 Å². The molecule has 8 nitrogen and oxygen atoms in total. The minimum atomic E-state index is -0.251. The Labute approximate surface area is 123 Å². The van der Waals surface area contributed by atoms with Crippen LogP contribution in [0.1, 0.15) is 12.5 Å². The van der Waals surface area contributed by atoms with Crippen LogP contribution in [0, 0.1) is 0 Å². The van der Waals surface area contributed by atoms with Crippen LogP contribution in [-0.4, -0.2) is 46.6 Å². The maximum atomic E-state index is 11.7. The van der Waals surface area contributed by atoms with Gasteiger partial charge in [-0.15, -0.1) is 0 Å². The predicted octanol–water partition coefficient (Wildman–Crippen LogP) is -0.542. The summed E-state index contributed by atoms with van der Waals surface area (Å²) in [5.41, 5.74) is 1.68. The molecule has 1 aliphatic heterocycles. The number of rotatable bonds is 3. The van der Waals surface area contributed by atoms with Crippen LogP contribution in [0.4, 0.5) is 17.5 Å². The minimum absolute atomic E-state index is 0.0512. The highest BCUT2D eigenvalue weighted by Gasteiger charge is 2.28. The van der Waals surface area contributed by atoms with Gasteiger partial charge in [0.2, 0.25) is 19.8 Å². The highest BCUT2D eigenvalue weighted by molar-refractivity contribution is 6.05. The maximum Gasteiger partial charge on any atom is 0.248 e. The fourth-order valence-corrected chi connectivity index (χ4v) is 2.16. The Morgan fingerprint density at radius 2 is 2.29 bits per heavy atom. The molecule has 21 heavy (non-hydrogen) atoms. The number of anilines is 3. The smallest absolute Gasteiger partial charge is 0.248 e. The van der Waals surface area contributed by atoms with Gasteiger partial charge >= 0.3 is 0 Å². The van der Waals surface area contributed by atoms with Gasteiger partial charge in [-0.25, -0.2) is 4.98 Å². The maximum absolute atomic E-state index is 11.7. The SMILES string of the molecule is Bn1cc(CNc2ncc3c(n2)N(C)[C@@H](C)C(=O)N3)cn1. The van der Waals surface area contributed by atoms with Crippen LogP contribution in [0.15, 0.2) is 18.6 Å². The Kier molecular flexibility index (Phi) is 3.24. The molecule has 1 atom stereocenters. The third kappa shape index (κ3) is 2.54. The average molecular weight is 285 g/mol. The summed E-state index contributed by atoms with van der Waals surface area (Å²) in [6.45, 7) is 2.43.